The van der Waals surface area contributed by atoms with E-state index in [9.17, 15) is 13.2 Å². The molecule has 0 aliphatic carbocycles. The largest absolute Gasteiger partial charge is 0.326 e. The summed E-state index contributed by atoms with van der Waals surface area (Å²) in [5.41, 5.74) is 4.08. The van der Waals surface area contributed by atoms with Crippen molar-refractivity contribution < 1.29 is 13.2 Å². The summed E-state index contributed by atoms with van der Waals surface area (Å²) in [5.74, 6) is -0.214. The highest BCUT2D eigenvalue weighted by molar-refractivity contribution is 7.89. The fraction of sp³-hybridized carbons (Fsp3) is 0.458. The van der Waals surface area contributed by atoms with Crippen molar-refractivity contribution >= 4 is 21.6 Å². The lowest BCUT2D eigenvalue weighted by atomic mass is 9.87. The normalized spacial score (nSPS) is 16.4. The lowest BCUT2D eigenvalue weighted by molar-refractivity contribution is -0.120. The molecule has 5 nitrogen and oxygen atoms in total. The third kappa shape index (κ3) is 4.93. The van der Waals surface area contributed by atoms with Gasteiger partial charge in [-0.2, -0.15) is 4.31 Å². The van der Waals surface area contributed by atoms with E-state index < -0.39 is 10.0 Å². The van der Waals surface area contributed by atoms with Crippen molar-refractivity contribution in [3.63, 3.8) is 0 Å². The number of anilines is 1. The number of hydrogen-bond acceptors (Lipinski definition) is 3. The molecule has 2 aromatic rings. The number of hydrogen-bond donors (Lipinski definition) is 1. The van der Waals surface area contributed by atoms with Crippen molar-refractivity contribution in [2.24, 2.45) is 5.92 Å². The van der Waals surface area contributed by atoms with Crippen LogP contribution in [0.15, 0.2) is 47.4 Å². The number of benzene rings is 2. The molecule has 1 aliphatic heterocycles. The van der Waals surface area contributed by atoms with Gasteiger partial charge in [-0.1, -0.05) is 50.6 Å². The monoisotopic (exact) mass is 428 g/mol. The van der Waals surface area contributed by atoms with Gasteiger partial charge < -0.3 is 5.32 Å². The number of piperidine rings is 1. The fourth-order valence-corrected chi connectivity index (χ4v) is 5.29. The van der Waals surface area contributed by atoms with Gasteiger partial charge in [-0.15, -0.1) is 0 Å². The summed E-state index contributed by atoms with van der Waals surface area (Å²) in [7, 11) is -3.54. The minimum absolute atomic E-state index is 0.0240. The van der Waals surface area contributed by atoms with Crippen LogP contribution in [0.1, 0.15) is 50.3 Å². The van der Waals surface area contributed by atoms with Crippen LogP contribution in [-0.4, -0.2) is 31.7 Å². The Kier molecular flexibility index (Phi) is 6.39. The molecule has 0 bridgehead atoms. The van der Waals surface area contributed by atoms with E-state index in [0.717, 1.165) is 22.4 Å². The first-order valence-electron chi connectivity index (χ1n) is 10.5. The predicted octanol–water partition coefficient (Wildman–Crippen LogP) is 4.64. The summed E-state index contributed by atoms with van der Waals surface area (Å²) in [6.07, 6.45) is 1.05. The van der Waals surface area contributed by atoms with Crippen LogP contribution in [-0.2, 0) is 20.2 Å². The Morgan fingerprint density at radius 1 is 1.00 bits per heavy atom. The van der Waals surface area contributed by atoms with Crippen molar-refractivity contribution in [2.75, 3.05) is 18.4 Å². The summed E-state index contributed by atoms with van der Waals surface area (Å²) >= 11 is 0. The van der Waals surface area contributed by atoms with Gasteiger partial charge in [0.2, 0.25) is 15.9 Å². The second-order valence-electron chi connectivity index (χ2n) is 9.26. The molecule has 30 heavy (non-hydrogen) atoms. The van der Waals surface area contributed by atoms with Gasteiger partial charge in [0.15, 0.2) is 0 Å². The molecule has 3 rings (SSSR count). The Balaban J connectivity index is 1.63. The quantitative estimate of drug-likeness (QED) is 0.771. The lowest BCUT2D eigenvalue weighted by Crippen LogP contribution is -2.41. The Hall–Kier alpha value is -2.18. The van der Waals surface area contributed by atoms with Crippen molar-refractivity contribution in [3.8, 4) is 0 Å². The molecule has 0 saturated carbocycles. The van der Waals surface area contributed by atoms with Crippen LogP contribution in [0.3, 0.4) is 0 Å². The standard InChI is InChI=1S/C24H32N2O3S/c1-17-6-11-22(18(2)16-17)25-23(27)19-12-14-26(15-13-19)30(28,29)21-9-7-20(8-10-21)24(3,4)5/h6-11,16,19H,12-15H2,1-5H3,(H,25,27). The number of amides is 1. The van der Waals surface area contributed by atoms with Crippen LogP contribution in [0.2, 0.25) is 0 Å². The van der Waals surface area contributed by atoms with Crippen LogP contribution in [0, 0.1) is 19.8 Å². The smallest absolute Gasteiger partial charge is 0.243 e. The molecule has 1 amide bonds. The Morgan fingerprint density at radius 3 is 2.13 bits per heavy atom. The van der Waals surface area contributed by atoms with E-state index in [1.54, 1.807) is 12.1 Å². The number of carbonyl (C=O) groups excluding carboxylic acids is 1. The van der Waals surface area contributed by atoms with E-state index in [0.29, 0.717) is 30.8 Å². The molecule has 1 N–H and O–H groups in total. The summed E-state index contributed by atoms with van der Waals surface area (Å²) in [6, 6.07) is 13.1. The second kappa shape index (κ2) is 8.52. The maximum absolute atomic E-state index is 13.0. The van der Waals surface area contributed by atoms with Crippen LogP contribution in [0.4, 0.5) is 5.69 Å². The average molecular weight is 429 g/mol. The topological polar surface area (TPSA) is 66.5 Å². The molecule has 1 aliphatic rings. The van der Waals surface area contributed by atoms with E-state index >= 15 is 0 Å². The van der Waals surface area contributed by atoms with Gasteiger partial charge >= 0.3 is 0 Å². The number of nitrogens with one attached hydrogen (secondary N) is 1. The summed E-state index contributed by atoms with van der Waals surface area (Å²) in [4.78, 5) is 13.0. The van der Waals surface area contributed by atoms with Gasteiger partial charge in [0.1, 0.15) is 0 Å². The Labute approximate surface area is 180 Å². The van der Waals surface area contributed by atoms with Crippen molar-refractivity contribution in [3.05, 3.63) is 59.2 Å². The van der Waals surface area contributed by atoms with Crippen molar-refractivity contribution in [2.45, 2.75) is 57.8 Å². The first kappa shape index (κ1) is 22.5. The molecular formula is C24H32N2O3S. The number of sulfonamides is 1. The molecule has 0 unspecified atom stereocenters. The summed E-state index contributed by atoms with van der Waals surface area (Å²) < 4.78 is 27.5. The number of aryl methyl sites for hydroxylation is 2. The third-order valence-corrected chi connectivity index (χ3v) is 7.74. The second-order valence-corrected chi connectivity index (χ2v) is 11.2. The zero-order valence-corrected chi connectivity index (χ0v) is 19.3. The molecular weight excluding hydrogens is 396 g/mol. The van der Waals surface area contributed by atoms with Gasteiger partial charge in [-0.3, -0.25) is 4.79 Å². The zero-order chi connectivity index (χ0) is 22.1. The zero-order valence-electron chi connectivity index (χ0n) is 18.5. The van der Waals surface area contributed by atoms with E-state index in [1.807, 2.05) is 44.2 Å². The molecule has 0 atom stereocenters. The van der Waals surface area contributed by atoms with Crippen LogP contribution in [0.5, 0.6) is 0 Å². The molecule has 2 aromatic carbocycles. The Morgan fingerprint density at radius 2 is 1.60 bits per heavy atom. The molecule has 6 heteroatoms. The molecule has 0 aromatic heterocycles. The maximum Gasteiger partial charge on any atom is 0.243 e. The molecule has 0 spiro atoms. The number of nitrogens with zero attached hydrogens (tertiary/aromatic N) is 1. The predicted molar refractivity (Wildman–Crippen MR) is 121 cm³/mol. The van der Waals surface area contributed by atoms with Gasteiger partial charge in [-0.25, -0.2) is 8.42 Å². The van der Waals surface area contributed by atoms with Gasteiger partial charge in [0.25, 0.3) is 0 Å². The van der Waals surface area contributed by atoms with Crippen molar-refractivity contribution in [1.82, 2.24) is 4.31 Å². The molecule has 0 radical (unpaired) electrons. The fourth-order valence-electron chi connectivity index (χ4n) is 3.82. The average Bonchev–Trinajstić information content (AvgIpc) is 2.69. The van der Waals surface area contributed by atoms with E-state index in [-0.39, 0.29) is 17.2 Å². The van der Waals surface area contributed by atoms with Gasteiger partial charge in [-0.05, 0) is 61.4 Å². The lowest BCUT2D eigenvalue weighted by Gasteiger charge is -2.31. The molecule has 1 fully saturated rings. The third-order valence-electron chi connectivity index (χ3n) is 5.82. The minimum Gasteiger partial charge on any atom is -0.326 e. The minimum atomic E-state index is -3.54. The molecule has 162 valence electrons. The van der Waals surface area contributed by atoms with E-state index in [2.05, 4.69) is 26.1 Å². The highest BCUT2D eigenvalue weighted by Crippen LogP contribution is 2.28. The number of carbonyl (C=O) groups is 1. The van der Waals surface area contributed by atoms with E-state index in [4.69, 9.17) is 0 Å². The Bertz CT molecular complexity index is 1010. The molecule has 1 saturated heterocycles. The van der Waals surface area contributed by atoms with Gasteiger partial charge in [0, 0.05) is 24.7 Å². The summed E-state index contributed by atoms with van der Waals surface area (Å²) in [6.45, 7) is 11.0. The van der Waals surface area contributed by atoms with Crippen LogP contribution >= 0.6 is 0 Å². The van der Waals surface area contributed by atoms with E-state index in [1.165, 1.54) is 4.31 Å². The highest BCUT2D eigenvalue weighted by Gasteiger charge is 2.32. The SMILES string of the molecule is Cc1ccc(NC(=O)C2CCN(S(=O)(=O)c3ccc(C(C)(C)C)cc3)CC2)c(C)c1. The van der Waals surface area contributed by atoms with Crippen LogP contribution in [0.25, 0.3) is 0 Å². The maximum atomic E-state index is 13.0. The first-order chi connectivity index (χ1) is 14.0. The van der Waals surface area contributed by atoms with Crippen LogP contribution < -0.4 is 5.32 Å². The summed E-state index contributed by atoms with van der Waals surface area (Å²) in [5, 5.41) is 3.01. The number of rotatable bonds is 4. The molecule has 1 heterocycles. The first-order valence-corrected chi connectivity index (χ1v) is 11.9. The van der Waals surface area contributed by atoms with Gasteiger partial charge in [0.05, 0.1) is 4.90 Å². The highest BCUT2D eigenvalue weighted by atomic mass is 32.2. The van der Waals surface area contributed by atoms with Crippen molar-refractivity contribution in [1.29, 1.82) is 0 Å².